The zero-order chi connectivity index (χ0) is 11.1. The Kier molecular flexibility index (Phi) is 7.27. The first-order valence-corrected chi connectivity index (χ1v) is 4.90. The SMILES string of the molecule is CC[c-]1cccc1C(=O)O.[Fe].[cH-]1[cH-][cH-][cH-][cH-]1. The van der Waals surface area contributed by atoms with Crippen LogP contribution in [0, 0.1) is 0 Å². The third-order valence-corrected chi connectivity index (χ3v) is 2.07. The first-order chi connectivity index (χ1) is 7.25. The van der Waals surface area contributed by atoms with E-state index in [2.05, 4.69) is 0 Å². The first-order valence-electron chi connectivity index (χ1n) is 4.90. The molecule has 3 heteroatoms. The Morgan fingerprint density at radius 2 is 1.81 bits per heavy atom. The van der Waals surface area contributed by atoms with E-state index in [-0.39, 0.29) is 17.1 Å². The van der Waals surface area contributed by atoms with Gasteiger partial charge in [-0.15, -0.1) is 5.56 Å². The third kappa shape index (κ3) is 4.47. The van der Waals surface area contributed by atoms with Crippen molar-refractivity contribution in [2.75, 3.05) is 0 Å². The molecular weight excluding hydrogens is 244 g/mol. The molecule has 0 saturated carbocycles. The topological polar surface area (TPSA) is 37.3 Å². The molecule has 16 heavy (non-hydrogen) atoms. The summed E-state index contributed by atoms with van der Waals surface area (Å²) in [4.78, 5) is 10.4. The maximum atomic E-state index is 10.4. The van der Waals surface area contributed by atoms with E-state index in [4.69, 9.17) is 5.11 Å². The van der Waals surface area contributed by atoms with Gasteiger partial charge in [0.05, 0.1) is 0 Å². The van der Waals surface area contributed by atoms with Gasteiger partial charge in [-0.1, -0.05) is 18.9 Å². The van der Waals surface area contributed by atoms with Gasteiger partial charge in [0.15, 0.2) is 0 Å². The summed E-state index contributed by atoms with van der Waals surface area (Å²) in [6.07, 6.45) is 0.786. The van der Waals surface area contributed by atoms with Crippen LogP contribution < -0.4 is 0 Å². The number of aryl methyl sites for hydroxylation is 1. The minimum Gasteiger partial charge on any atom is -0.748 e. The van der Waals surface area contributed by atoms with Gasteiger partial charge in [0.2, 0.25) is 5.97 Å². The minimum absolute atomic E-state index is 0. The molecular formula is C13H14FeO2-6. The van der Waals surface area contributed by atoms with Crippen molar-refractivity contribution in [2.24, 2.45) is 0 Å². The normalized spacial score (nSPS) is 8.56. The average molecular weight is 258 g/mol. The van der Waals surface area contributed by atoms with Gasteiger partial charge in [-0.2, -0.15) is 18.2 Å². The molecule has 0 bridgehead atoms. The molecule has 0 spiro atoms. The standard InChI is InChI=1S/C8H9O2.C5H5.Fe/c1-2-6-4-3-5-7(6)8(9)10;1-2-4-5-3-1;/h3-5H,2H2,1H3,(H,9,10);1-5H;/q-1;-5;. The van der Waals surface area contributed by atoms with Gasteiger partial charge >= 0.3 is 0 Å². The molecule has 2 aromatic carbocycles. The van der Waals surface area contributed by atoms with Crippen LogP contribution >= 0.6 is 0 Å². The van der Waals surface area contributed by atoms with Crippen LogP contribution in [0.5, 0.6) is 0 Å². The van der Waals surface area contributed by atoms with Gasteiger partial charge in [0.25, 0.3) is 0 Å². The molecule has 0 heterocycles. The van der Waals surface area contributed by atoms with E-state index in [0.29, 0.717) is 5.56 Å². The zero-order valence-electron chi connectivity index (χ0n) is 9.03. The zero-order valence-corrected chi connectivity index (χ0v) is 10.1. The van der Waals surface area contributed by atoms with Gasteiger partial charge < -0.3 is 40.2 Å². The largest absolute Gasteiger partial charge is 0.748 e. The van der Waals surface area contributed by atoms with E-state index < -0.39 is 5.97 Å². The van der Waals surface area contributed by atoms with Crippen LogP contribution in [0.4, 0.5) is 0 Å². The second-order valence-corrected chi connectivity index (χ2v) is 3.09. The number of carboxylic acids is 1. The van der Waals surface area contributed by atoms with E-state index in [1.54, 1.807) is 12.1 Å². The summed E-state index contributed by atoms with van der Waals surface area (Å²) >= 11 is 0. The molecule has 2 nitrogen and oxygen atoms in total. The van der Waals surface area contributed by atoms with Crippen molar-refractivity contribution in [3.8, 4) is 0 Å². The fourth-order valence-corrected chi connectivity index (χ4v) is 1.29. The Bertz CT molecular complexity index is 371. The summed E-state index contributed by atoms with van der Waals surface area (Å²) in [7, 11) is 0. The number of hydrogen-bond donors (Lipinski definition) is 1. The molecule has 0 aliphatic carbocycles. The fraction of sp³-hybridized carbons (Fsp3) is 0.154. The van der Waals surface area contributed by atoms with Gasteiger partial charge in [-0.3, -0.25) is 0 Å². The second kappa shape index (κ2) is 7.91. The maximum absolute atomic E-state index is 10.4. The van der Waals surface area contributed by atoms with Crippen molar-refractivity contribution in [3.63, 3.8) is 0 Å². The Morgan fingerprint density at radius 3 is 2.12 bits per heavy atom. The monoisotopic (exact) mass is 258 g/mol. The predicted octanol–water partition coefficient (Wildman–Crippen LogP) is 3.07. The Balaban J connectivity index is 0.000000318. The molecule has 0 radical (unpaired) electrons. The van der Waals surface area contributed by atoms with Gasteiger partial charge in [-0.05, 0) is 0 Å². The van der Waals surface area contributed by atoms with Gasteiger partial charge in [-0.25, -0.2) is 0 Å². The van der Waals surface area contributed by atoms with Crippen molar-refractivity contribution in [1.82, 2.24) is 0 Å². The molecule has 0 amide bonds. The van der Waals surface area contributed by atoms with Crippen LogP contribution in [0.2, 0.25) is 0 Å². The summed E-state index contributed by atoms with van der Waals surface area (Å²) < 4.78 is 0. The number of rotatable bonds is 2. The van der Waals surface area contributed by atoms with Gasteiger partial charge in [0.1, 0.15) is 0 Å². The number of carboxylic acid groups (broad SMARTS) is 1. The summed E-state index contributed by atoms with van der Waals surface area (Å²) in [5.41, 5.74) is 1.34. The van der Waals surface area contributed by atoms with Crippen molar-refractivity contribution in [2.45, 2.75) is 13.3 Å². The molecule has 0 aliphatic rings. The van der Waals surface area contributed by atoms with E-state index in [1.165, 1.54) is 0 Å². The Labute approximate surface area is 106 Å². The summed E-state index contributed by atoms with van der Waals surface area (Å²) in [6, 6.07) is 15.2. The van der Waals surface area contributed by atoms with E-state index in [9.17, 15) is 4.79 Å². The molecule has 0 aliphatic heterocycles. The quantitative estimate of drug-likeness (QED) is 0.664. The molecule has 0 fully saturated rings. The van der Waals surface area contributed by atoms with Crippen molar-refractivity contribution < 1.29 is 27.0 Å². The van der Waals surface area contributed by atoms with Crippen LogP contribution in [0.1, 0.15) is 22.8 Å². The second-order valence-electron chi connectivity index (χ2n) is 3.09. The molecule has 0 unspecified atom stereocenters. The van der Waals surface area contributed by atoms with Crippen molar-refractivity contribution >= 4 is 5.97 Å². The van der Waals surface area contributed by atoms with Crippen LogP contribution in [-0.2, 0) is 23.5 Å². The smallest absolute Gasteiger partial charge is 0.247 e. The number of carbonyl (C=O) groups is 1. The van der Waals surface area contributed by atoms with Gasteiger partial charge in [0, 0.05) is 17.1 Å². The Hall–Kier alpha value is -1.31. The van der Waals surface area contributed by atoms with Crippen LogP contribution in [0.3, 0.4) is 0 Å². The molecule has 92 valence electrons. The van der Waals surface area contributed by atoms with Crippen LogP contribution in [0.25, 0.3) is 0 Å². The average Bonchev–Trinajstić information content (AvgIpc) is 2.92. The molecule has 0 saturated heterocycles. The maximum Gasteiger partial charge on any atom is 0.247 e. The van der Waals surface area contributed by atoms with Crippen LogP contribution in [0.15, 0.2) is 48.5 Å². The summed E-state index contributed by atoms with van der Waals surface area (Å²) in [5, 5.41) is 8.59. The number of hydrogen-bond acceptors (Lipinski definition) is 1. The van der Waals surface area contributed by atoms with Crippen LogP contribution in [-0.4, -0.2) is 11.1 Å². The molecule has 1 N–H and O–H groups in total. The molecule has 0 atom stereocenters. The molecule has 2 aromatic rings. The van der Waals surface area contributed by atoms with Crippen molar-refractivity contribution in [3.05, 3.63) is 59.7 Å². The summed E-state index contributed by atoms with van der Waals surface area (Å²) in [5.74, 6) is -0.832. The molecule has 0 aromatic heterocycles. The fourth-order valence-electron chi connectivity index (χ4n) is 1.29. The Morgan fingerprint density at radius 1 is 1.31 bits per heavy atom. The predicted molar refractivity (Wildman–Crippen MR) is 60.4 cm³/mol. The molecule has 2 rings (SSSR count). The van der Waals surface area contributed by atoms with E-state index in [1.807, 2.05) is 43.3 Å². The van der Waals surface area contributed by atoms with E-state index >= 15 is 0 Å². The van der Waals surface area contributed by atoms with Crippen molar-refractivity contribution in [1.29, 1.82) is 0 Å². The first kappa shape index (κ1) is 14.7. The third-order valence-electron chi connectivity index (χ3n) is 2.07. The number of aromatic carboxylic acids is 1. The summed E-state index contributed by atoms with van der Waals surface area (Å²) in [6.45, 7) is 1.95. The minimum atomic E-state index is -0.832. The van der Waals surface area contributed by atoms with E-state index in [0.717, 1.165) is 12.0 Å².